The molecule has 0 aliphatic heterocycles. The maximum atomic E-state index is 10.8. The summed E-state index contributed by atoms with van der Waals surface area (Å²) in [7, 11) is -3.86. The first-order valence-corrected chi connectivity index (χ1v) is 12.3. The fraction of sp³-hybridized carbons (Fsp3) is 0.762. The first kappa shape index (κ1) is 23.3. The zero-order valence-electron chi connectivity index (χ0n) is 16.6. The van der Waals surface area contributed by atoms with Gasteiger partial charge in [-0.05, 0) is 18.4 Å². The molecule has 0 spiro atoms. The van der Waals surface area contributed by atoms with Crippen LogP contribution in [-0.2, 0) is 17.5 Å². The number of pyridine rings is 1. The van der Waals surface area contributed by atoms with Crippen molar-refractivity contribution < 1.29 is 18.9 Å². The van der Waals surface area contributed by atoms with Crippen molar-refractivity contribution in [1.29, 1.82) is 0 Å². The first-order valence-electron chi connectivity index (χ1n) is 10.5. The monoisotopic (exact) mass is 384 g/mol. The van der Waals surface area contributed by atoms with Crippen molar-refractivity contribution in [3.63, 3.8) is 0 Å². The Hall–Kier alpha value is -0.700. The van der Waals surface area contributed by atoms with Crippen LogP contribution in [0.4, 0.5) is 0 Å². The molecule has 0 aromatic carbocycles. The Morgan fingerprint density at radius 1 is 0.808 bits per heavy atom. The lowest BCUT2D eigenvalue weighted by Crippen LogP contribution is -2.33. The second-order valence-corrected chi connectivity index (χ2v) is 9.25. The van der Waals surface area contributed by atoms with Gasteiger partial charge < -0.3 is 9.79 Å². The highest BCUT2D eigenvalue weighted by Gasteiger charge is 2.13. The summed E-state index contributed by atoms with van der Waals surface area (Å²) in [5, 5.41) is 0. The van der Waals surface area contributed by atoms with Crippen LogP contribution in [0.3, 0.4) is 0 Å². The molecule has 0 fully saturated rings. The predicted molar refractivity (Wildman–Crippen MR) is 108 cm³/mol. The average Bonchev–Trinajstić information content (AvgIpc) is 2.60. The van der Waals surface area contributed by atoms with Gasteiger partial charge in [0.15, 0.2) is 12.4 Å². The lowest BCUT2D eigenvalue weighted by molar-refractivity contribution is -0.696. The highest BCUT2D eigenvalue weighted by Crippen LogP contribution is 2.34. The summed E-state index contributed by atoms with van der Waals surface area (Å²) < 4.78 is 12.8. The molecule has 5 heteroatoms. The van der Waals surface area contributed by atoms with E-state index in [1.165, 1.54) is 76.2 Å². The molecule has 26 heavy (non-hydrogen) atoms. The second kappa shape index (κ2) is 14.4. The number of unbranched alkanes of at least 4 members (excludes halogenated alkanes) is 10. The molecule has 1 aromatic heterocycles. The van der Waals surface area contributed by atoms with Crippen molar-refractivity contribution in [2.75, 3.05) is 6.16 Å². The van der Waals surface area contributed by atoms with Crippen molar-refractivity contribution in [2.24, 2.45) is 0 Å². The van der Waals surface area contributed by atoms with Gasteiger partial charge in [-0.3, -0.25) is 4.57 Å². The third kappa shape index (κ3) is 13.5. The lowest BCUT2D eigenvalue weighted by atomic mass is 10.0. The zero-order valence-corrected chi connectivity index (χ0v) is 17.5. The Labute approximate surface area is 160 Å². The van der Waals surface area contributed by atoms with Gasteiger partial charge in [0.25, 0.3) is 0 Å². The van der Waals surface area contributed by atoms with Gasteiger partial charge in [0.1, 0.15) is 6.54 Å². The third-order valence-corrected chi connectivity index (χ3v) is 5.79. The number of hydrogen-bond acceptors (Lipinski definition) is 1. The highest BCUT2D eigenvalue weighted by atomic mass is 31.2. The Bertz CT molecular complexity index is 498. The fourth-order valence-electron chi connectivity index (χ4n) is 3.26. The van der Waals surface area contributed by atoms with E-state index in [1.54, 1.807) is 0 Å². The van der Waals surface area contributed by atoms with Gasteiger partial charge in [0.05, 0.1) is 6.16 Å². The van der Waals surface area contributed by atoms with Crippen LogP contribution < -0.4 is 4.57 Å². The van der Waals surface area contributed by atoms with Gasteiger partial charge in [-0.2, -0.15) is 0 Å². The average molecular weight is 385 g/mol. The smallest absolute Gasteiger partial charge is 0.324 e. The Morgan fingerprint density at radius 2 is 1.31 bits per heavy atom. The van der Waals surface area contributed by atoms with Crippen LogP contribution in [0.15, 0.2) is 24.5 Å². The van der Waals surface area contributed by atoms with E-state index in [1.807, 2.05) is 17.0 Å². The number of hydrogen-bond donors (Lipinski definition) is 2. The van der Waals surface area contributed by atoms with Gasteiger partial charge >= 0.3 is 7.60 Å². The van der Waals surface area contributed by atoms with E-state index in [0.717, 1.165) is 6.42 Å². The summed E-state index contributed by atoms with van der Waals surface area (Å²) in [6.45, 7) is 2.92. The van der Waals surface area contributed by atoms with E-state index < -0.39 is 7.60 Å². The van der Waals surface area contributed by atoms with E-state index in [4.69, 9.17) is 9.79 Å². The van der Waals surface area contributed by atoms with Gasteiger partial charge in [-0.1, -0.05) is 71.1 Å². The molecule has 150 valence electrons. The summed E-state index contributed by atoms with van der Waals surface area (Å²) in [6, 6.07) is 4.27. The van der Waals surface area contributed by atoms with Crippen LogP contribution in [0.25, 0.3) is 0 Å². The quantitative estimate of drug-likeness (QED) is 0.228. The number of aryl methyl sites for hydroxylation is 2. The third-order valence-electron chi connectivity index (χ3n) is 4.89. The van der Waals surface area contributed by atoms with E-state index in [2.05, 4.69) is 19.1 Å². The molecule has 1 heterocycles. The highest BCUT2D eigenvalue weighted by molar-refractivity contribution is 7.51. The lowest BCUT2D eigenvalue weighted by Gasteiger charge is -2.04. The fourth-order valence-corrected chi connectivity index (χ4v) is 3.81. The first-order chi connectivity index (χ1) is 12.5. The van der Waals surface area contributed by atoms with Crippen LogP contribution in [0.5, 0.6) is 0 Å². The van der Waals surface area contributed by atoms with E-state index >= 15 is 0 Å². The van der Waals surface area contributed by atoms with E-state index in [9.17, 15) is 4.57 Å². The maximum absolute atomic E-state index is 10.8. The molecule has 0 unspecified atom stereocenters. The maximum Gasteiger partial charge on any atom is 0.325 e. The normalized spacial score (nSPS) is 11.8. The van der Waals surface area contributed by atoms with Crippen LogP contribution in [0, 0.1) is 0 Å². The summed E-state index contributed by atoms with van der Waals surface area (Å²) in [5.74, 6) is 0. The molecule has 0 aliphatic carbocycles. The van der Waals surface area contributed by atoms with Gasteiger partial charge in [0.2, 0.25) is 0 Å². The minimum atomic E-state index is -3.86. The number of rotatable bonds is 16. The molecular formula is C21H39NO3P+. The van der Waals surface area contributed by atoms with Crippen molar-refractivity contribution in [3.05, 3.63) is 30.1 Å². The molecule has 0 aliphatic rings. The minimum absolute atomic E-state index is 0.0412. The van der Waals surface area contributed by atoms with Crippen molar-refractivity contribution in [3.8, 4) is 0 Å². The molecule has 0 bridgehead atoms. The number of nitrogens with zero attached hydrogens (tertiary/aromatic N) is 1. The summed E-state index contributed by atoms with van der Waals surface area (Å²) >= 11 is 0. The van der Waals surface area contributed by atoms with Crippen molar-refractivity contribution >= 4 is 7.60 Å². The van der Waals surface area contributed by atoms with Crippen LogP contribution >= 0.6 is 7.60 Å². The van der Waals surface area contributed by atoms with Crippen LogP contribution in [-0.4, -0.2) is 15.9 Å². The van der Waals surface area contributed by atoms with E-state index in [0.29, 0.717) is 13.0 Å². The molecule has 0 amide bonds. The number of aromatic nitrogens is 1. The van der Waals surface area contributed by atoms with Gasteiger partial charge in [0, 0.05) is 18.6 Å². The molecule has 0 saturated carbocycles. The minimum Gasteiger partial charge on any atom is -0.324 e. The molecule has 1 aromatic rings. The molecule has 0 atom stereocenters. The van der Waals surface area contributed by atoms with E-state index in [-0.39, 0.29) is 6.16 Å². The molecule has 0 radical (unpaired) electrons. The molecule has 1 rings (SSSR count). The van der Waals surface area contributed by atoms with Gasteiger partial charge in [-0.25, -0.2) is 4.57 Å². The summed E-state index contributed by atoms with van der Waals surface area (Å²) in [5.41, 5.74) is 1.35. The standard InChI is InChI=1S/C21H38NO3P/c1-2-3-4-5-6-7-8-9-10-11-12-14-21-15-18-22(19-16-21)17-13-20-26(23,24)25/h15-16,18-19H,2-14,17,20H2,1H3,(H-,23,24,25)/p+1. The predicted octanol–water partition coefficient (Wildman–Crippen LogP) is 5.40. The van der Waals surface area contributed by atoms with Gasteiger partial charge in [-0.15, -0.1) is 0 Å². The molecule has 0 saturated heterocycles. The summed E-state index contributed by atoms with van der Waals surface area (Å²) in [4.78, 5) is 17.7. The molecular weight excluding hydrogens is 345 g/mol. The van der Waals surface area contributed by atoms with Crippen molar-refractivity contribution in [1.82, 2.24) is 0 Å². The SMILES string of the molecule is CCCCCCCCCCCCCc1cc[n+](CCCP(=O)(O)O)cc1. The Balaban J connectivity index is 2.00. The Morgan fingerprint density at radius 3 is 1.81 bits per heavy atom. The van der Waals surface area contributed by atoms with Crippen LogP contribution in [0.2, 0.25) is 0 Å². The summed E-state index contributed by atoms with van der Waals surface area (Å²) in [6.07, 6.45) is 20.7. The second-order valence-electron chi connectivity index (χ2n) is 7.47. The molecule has 4 nitrogen and oxygen atoms in total. The largest absolute Gasteiger partial charge is 0.325 e. The van der Waals surface area contributed by atoms with Crippen LogP contribution in [0.1, 0.15) is 89.5 Å². The molecule has 2 N–H and O–H groups in total. The Kier molecular flexibility index (Phi) is 12.9. The zero-order chi connectivity index (χ0) is 19.1. The van der Waals surface area contributed by atoms with Crippen molar-refractivity contribution in [2.45, 2.75) is 96.9 Å². The topological polar surface area (TPSA) is 61.4 Å².